The summed E-state index contributed by atoms with van der Waals surface area (Å²) in [6, 6.07) is 5.04. The number of halogens is 3. The minimum absolute atomic E-state index is 0.169. The number of aromatic nitrogens is 2. The fraction of sp³-hybridized carbons (Fsp3) is 0.286. The van der Waals surface area contributed by atoms with E-state index in [2.05, 4.69) is 21.4 Å². The highest BCUT2D eigenvalue weighted by Gasteiger charge is 2.30. The Kier molecular flexibility index (Phi) is 4.60. The quantitative estimate of drug-likeness (QED) is 0.680. The second kappa shape index (κ2) is 6.41. The molecule has 2 rings (SSSR count). The third-order valence-corrected chi connectivity index (χ3v) is 2.63. The van der Waals surface area contributed by atoms with Crippen molar-refractivity contribution < 1.29 is 17.7 Å². The maximum Gasteiger partial charge on any atom is 0.416 e. The first kappa shape index (κ1) is 15.1. The van der Waals surface area contributed by atoms with Gasteiger partial charge in [-0.25, -0.2) is 0 Å². The van der Waals surface area contributed by atoms with Crippen LogP contribution < -0.4 is 5.32 Å². The number of rotatable bonds is 5. The van der Waals surface area contributed by atoms with Gasteiger partial charge >= 0.3 is 6.18 Å². The molecule has 1 aromatic heterocycles. The van der Waals surface area contributed by atoms with Gasteiger partial charge in [-0.15, -0.1) is 6.42 Å². The van der Waals surface area contributed by atoms with Gasteiger partial charge in [0.1, 0.15) is 0 Å². The van der Waals surface area contributed by atoms with Gasteiger partial charge in [-0.05, 0) is 11.6 Å². The summed E-state index contributed by atoms with van der Waals surface area (Å²) in [5.41, 5.74) is -0.229. The van der Waals surface area contributed by atoms with Crippen molar-refractivity contribution in [3.8, 4) is 12.3 Å². The van der Waals surface area contributed by atoms with Crippen LogP contribution in [-0.2, 0) is 19.1 Å². The van der Waals surface area contributed by atoms with Crippen molar-refractivity contribution in [3.63, 3.8) is 0 Å². The summed E-state index contributed by atoms with van der Waals surface area (Å²) in [6.07, 6.45) is 0.884. The van der Waals surface area contributed by atoms with Crippen LogP contribution in [0.4, 0.5) is 13.2 Å². The van der Waals surface area contributed by atoms with Crippen LogP contribution in [0.3, 0.4) is 0 Å². The highest BCUT2D eigenvalue weighted by molar-refractivity contribution is 5.27. The van der Waals surface area contributed by atoms with E-state index in [1.807, 2.05) is 0 Å². The topological polar surface area (TPSA) is 51.0 Å². The van der Waals surface area contributed by atoms with Crippen molar-refractivity contribution >= 4 is 0 Å². The zero-order valence-corrected chi connectivity index (χ0v) is 10.9. The van der Waals surface area contributed by atoms with Crippen molar-refractivity contribution in [1.29, 1.82) is 0 Å². The monoisotopic (exact) mass is 295 g/mol. The molecule has 0 aliphatic carbocycles. The van der Waals surface area contributed by atoms with Crippen LogP contribution in [0.15, 0.2) is 28.8 Å². The van der Waals surface area contributed by atoms with Crippen LogP contribution in [0.2, 0.25) is 0 Å². The summed E-state index contributed by atoms with van der Waals surface area (Å²) in [7, 11) is 0. The average Bonchev–Trinajstić information content (AvgIpc) is 2.86. The van der Waals surface area contributed by atoms with E-state index in [-0.39, 0.29) is 6.42 Å². The average molecular weight is 295 g/mol. The molecule has 2 aromatic rings. The van der Waals surface area contributed by atoms with E-state index in [0.29, 0.717) is 30.4 Å². The van der Waals surface area contributed by atoms with Gasteiger partial charge in [0.2, 0.25) is 5.89 Å². The van der Waals surface area contributed by atoms with Gasteiger partial charge in [0.25, 0.3) is 0 Å². The zero-order valence-electron chi connectivity index (χ0n) is 10.9. The lowest BCUT2D eigenvalue weighted by Crippen LogP contribution is -2.13. The molecule has 1 aromatic carbocycles. The number of hydrogen-bond donors (Lipinski definition) is 1. The Bertz CT molecular complexity index is 643. The van der Waals surface area contributed by atoms with Crippen LogP contribution in [0, 0.1) is 12.3 Å². The molecule has 0 bridgehead atoms. The molecule has 0 saturated carbocycles. The van der Waals surface area contributed by atoms with Crippen LogP contribution in [0.25, 0.3) is 0 Å². The third kappa shape index (κ3) is 4.33. The predicted molar refractivity (Wildman–Crippen MR) is 69.1 cm³/mol. The number of benzene rings is 1. The number of hydrogen-bond acceptors (Lipinski definition) is 4. The summed E-state index contributed by atoms with van der Waals surface area (Å²) in [4.78, 5) is 4.08. The van der Waals surface area contributed by atoms with Gasteiger partial charge in [-0.2, -0.15) is 18.2 Å². The fourth-order valence-electron chi connectivity index (χ4n) is 1.72. The van der Waals surface area contributed by atoms with Crippen molar-refractivity contribution in [2.24, 2.45) is 0 Å². The molecule has 0 amide bonds. The van der Waals surface area contributed by atoms with E-state index in [0.717, 1.165) is 12.1 Å². The maximum atomic E-state index is 12.6. The molecular formula is C14H12F3N3O. The molecule has 0 fully saturated rings. The Morgan fingerprint density at radius 2 is 2.14 bits per heavy atom. The summed E-state index contributed by atoms with van der Waals surface area (Å²) >= 11 is 0. The molecule has 0 unspecified atom stereocenters. The Balaban J connectivity index is 2.04. The van der Waals surface area contributed by atoms with Gasteiger partial charge in [0, 0.05) is 6.42 Å². The molecule has 0 spiro atoms. The third-order valence-electron chi connectivity index (χ3n) is 2.63. The van der Waals surface area contributed by atoms with Crippen molar-refractivity contribution in [3.05, 3.63) is 47.1 Å². The van der Waals surface area contributed by atoms with E-state index in [1.165, 1.54) is 6.07 Å². The Morgan fingerprint density at radius 1 is 1.33 bits per heavy atom. The zero-order chi connectivity index (χ0) is 15.3. The highest BCUT2D eigenvalue weighted by Crippen LogP contribution is 2.29. The lowest BCUT2D eigenvalue weighted by Gasteiger charge is -2.07. The first-order valence-corrected chi connectivity index (χ1v) is 6.11. The van der Waals surface area contributed by atoms with E-state index < -0.39 is 11.7 Å². The molecule has 7 heteroatoms. The number of terminal acetylenes is 1. The van der Waals surface area contributed by atoms with Crippen LogP contribution in [-0.4, -0.2) is 16.7 Å². The normalized spacial score (nSPS) is 11.3. The number of alkyl halides is 3. The smallest absolute Gasteiger partial charge is 0.338 e. The molecule has 0 saturated heterocycles. The first-order valence-electron chi connectivity index (χ1n) is 6.11. The number of nitrogens with zero attached hydrogens (tertiary/aromatic N) is 2. The lowest BCUT2D eigenvalue weighted by atomic mass is 10.1. The molecule has 1 N–H and O–H groups in total. The standard InChI is InChI=1S/C14H12F3N3O/c1-2-6-18-9-13-19-12(20-21-13)8-10-4-3-5-11(7-10)14(15,16)17/h1,3-5,7,18H,6,8-9H2. The summed E-state index contributed by atoms with van der Waals surface area (Å²) < 4.78 is 42.8. The van der Waals surface area contributed by atoms with Crippen molar-refractivity contribution in [1.82, 2.24) is 15.5 Å². The lowest BCUT2D eigenvalue weighted by molar-refractivity contribution is -0.137. The Morgan fingerprint density at radius 3 is 2.86 bits per heavy atom. The van der Waals surface area contributed by atoms with Gasteiger partial charge in [-0.1, -0.05) is 29.3 Å². The van der Waals surface area contributed by atoms with Crippen molar-refractivity contribution in [2.75, 3.05) is 6.54 Å². The van der Waals surface area contributed by atoms with E-state index in [9.17, 15) is 13.2 Å². The second-order valence-corrected chi connectivity index (χ2v) is 4.29. The van der Waals surface area contributed by atoms with Crippen LogP contribution in [0.5, 0.6) is 0 Å². The van der Waals surface area contributed by atoms with Crippen LogP contribution in [0.1, 0.15) is 22.8 Å². The van der Waals surface area contributed by atoms with Crippen molar-refractivity contribution in [2.45, 2.75) is 19.1 Å². The minimum Gasteiger partial charge on any atom is -0.338 e. The Hall–Kier alpha value is -2.33. The fourth-order valence-corrected chi connectivity index (χ4v) is 1.72. The van der Waals surface area contributed by atoms with Crippen LogP contribution >= 0.6 is 0 Å². The van der Waals surface area contributed by atoms with Gasteiger partial charge < -0.3 is 4.52 Å². The summed E-state index contributed by atoms with van der Waals surface area (Å²) in [5.74, 6) is 3.06. The van der Waals surface area contributed by atoms with E-state index >= 15 is 0 Å². The molecule has 0 atom stereocenters. The Labute approximate surface area is 119 Å². The molecule has 1 heterocycles. The number of nitrogens with one attached hydrogen (secondary N) is 1. The molecular weight excluding hydrogens is 283 g/mol. The highest BCUT2D eigenvalue weighted by atomic mass is 19.4. The SMILES string of the molecule is C#CCNCc1nc(Cc2cccc(C(F)(F)F)c2)no1. The molecule has 0 radical (unpaired) electrons. The molecule has 0 aliphatic heterocycles. The van der Waals surface area contributed by atoms with Gasteiger partial charge in [-0.3, -0.25) is 5.32 Å². The van der Waals surface area contributed by atoms with E-state index in [1.54, 1.807) is 6.07 Å². The minimum atomic E-state index is -4.36. The van der Waals surface area contributed by atoms with E-state index in [4.69, 9.17) is 10.9 Å². The molecule has 110 valence electrons. The summed E-state index contributed by atoms with van der Waals surface area (Å²) in [5, 5.41) is 6.60. The van der Waals surface area contributed by atoms with Gasteiger partial charge in [0.15, 0.2) is 5.82 Å². The second-order valence-electron chi connectivity index (χ2n) is 4.29. The summed E-state index contributed by atoms with van der Waals surface area (Å²) in [6.45, 7) is 0.686. The molecule has 21 heavy (non-hydrogen) atoms. The largest absolute Gasteiger partial charge is 0.416 e. The van der Waals surface area contributed by atoms with Gasteiger partial charge in [0.05, 0.1) is 18.7 Å². The first-order chi connectivity index (χ1) is 9.99. The molecule has 4 nitrogen and oxygen atoms in total. The maximum absolute atomic E-state index is 12.6. The predicted octanol–water partition coefficient (Wildman–Crippen LogP) is 2.40. The molecule has 0 aliphatic rings.